The molecule has 0 bridgehead atoms. The van der Waals surface area contributed by atoms with E-state index in [-0.39, 0.29) is 11.8 Å². The summed E-state index contributed by atoms with van der Waals surface area (Å²) < 4.78 is 4.32. The minimum atomic E-state index is 0.0667. The first-order valence-electron chi connectivity index (χ1n) is 21.5. The Kier molecular flexibility index (Phi) is 13.8. The second-order valence-electron chi connectivity index (χ2n) is 15.9. The van der Waals surface area contributed by atoms with Gasteiger partial charge in [-0.05, 0) is 133 Å². The van der Waals surface area contributed by atoms with Crippen LogP contribution >= 0.6 is 21.6 Å². The molecular weight excluding hydrogens is 757 g/mol. The van der Waals surface area contributed by atoms with Crippen molar-refractivity contribution in [2.24, 2.45) is 0 Å². The maximum absolute atomic E-state index is 12.7. The number of carbonyl (C=O) groups is 2. The summed E-state index contributed by atoms with van der Waals surface area (Å²) in [5.74, 6) is 1.78. The predicted molar refractivity (Wildman–Crippen MR) is 242 cm³/mol. The zero-order valence-corrected chi connectivity index (χ0v) is 35.4. The van der Waals surface area contributed by atoms with Gasteiger partial charge in [-0.25, -0.2) is 0 Å². The van der Waals surface area contributed by atoms with Crippen LogP contribution in [0, 0.1) is 0 Å². The molecule has 0 unspecified atom stereocenters. The molecule has 0 saturated carbocycles. The maximum Gasteiger partial charge on any atom is 0.226 e. The van der Waals surface area contributed by atoms with Crippen LogP contribution in [0.1, 0.15) is 83.3 Å². The molecule has 0 spiro atoms. The van der Waals surface area contributed by atoms with Gasteiger partial charge in [-0.2, -0.15) is 9.13 Å². The van der Waals surface area contributed by atoms with Crippen LogP contribution in [0.25, 0.3) is 24.3 Å². The molecule has 2 aromatic heterocycles. The van der Waals surface area contributed by atoms with Gasteiger partial charge < -0.3 is 20.4 Å². The molecule has 2 aromatic carbocycles. The van der Waals surface area contributed by atoms with Gasteiger partial charge in [0.15, 0.2) is 25.5 Å². The number of amides is 2. The number of aryl methyl sites for hydroxylation is 6. The molecule has 302 valence electrons. The third-order valence-corrected chi connectivity index (χ3v) is 14.2. The van der Waals surface area contributed by atoms with E-state index in [4.69, 9.17) is 0 Å². The monoisotopic (exact) mass is 814 g/mol. The van der Waals surface area contributed by atoms with Crippen LogP contribution < -0.4 is 29.6 Å². The van der Waals surface area contributed by atoms with Crippen molar-refractivity contribution in [3.05, 3.63) is 118 Å². The van der Waals surface area contributed by atoms with Crippen LogP contribution in [0.2, 0.25) is 0 Å². The second kappa shape index (κ2) is 19.9. The molecule has 0 atom stereocenters. The molecule has 0 fully saturated rings. The number of nitrogens with one attached hydrogen (secondary N) is 2. The summed E-state index contributed by atoms with van der Waals surface area (Å²) in [5.41, 5.74) is 13.7. The summed E-state index contributed by atoms with van der Waals surface area (Å²) in [6.07, 6.45) is 23.4. The van der Waals surface area contributed by atoms with Crippen LogP contribution in [-0.2, 0) is 48.4 Å². The lowest BCUT2D eigenvalue weighted by molar-refractivity contribution is -0.697. The van der Waals surface area contributed by atoms with E-state index in [2.05, 4.69) is 115 Å². The van der Waals surface area contributed by atoms with Crippen LogP contribution in [-0.4, -0.2) is 62.6 Å². The second-order valence-corrected chi connectivity index (χ2v) is 18.6. The molecule has 0 radical (unpaired) electrons. The molecule has 8 rings (SSSR count). The summed E-state index contributed by atoms with van der Waals surface area (Å²) >= 11 is 0. The molecule has 4 aliphatic rings. The number of hydrogen-bond acceptors (Lipinski definition) is 6. The molecule has 2 amide bonds. The average Bonchev–Trinajstić information content (AvgIpc) is 3.25. The molecule has 4 aromatic rings. The zero-order valence-electron chi connectivity index (χ0n) is 33.8. The Morgan fingerprint density at radius 2 is 0.966 bits per heavy atom. The topological polar surface area (TPSA) is 72.4 Å². The average molecular weight is 815 g/mol. The highest BCUT2D eigenvalue weighted by molar-refractivity contribution is 8.76. The smallest absolute Gasteiger partial charge is 0.226 e. The summed E-state index contributed by atoms with van der Waals surface area (Å²) in [5, 5.41) is 6.16. The van der Waals surface area contributed by atoms with Crippen molar-refractivity contribution in [2.75, 3.05) is 60.6 Å². The van der Waals surface area contributed by atoms with Gasteiger partial charge >= 0.3 is 0 Å². The lowest BCUT2D eigenvalue weighted by atomic mass is 9.90. The van der Waals surface area contributed by atoms with Gasteiger partial charge in [0.05, 0.1) is 12.8 Å². The van der Waals surface area contributed by atoms with Crippen LogP contribution in [0.3, 0.4) is 0 Å². The van der Waals surface area contributed by atoms with E-state index in [1.165, 1.54) is 122 Å². The summed E-state index contributed by atoms with van der Waals surface area (Å²) in [7, 11) is 3.46. The van der Waals surface area contributed by atoms with Crippen molar-refractivity contribution >= 4 is 69.1 Å². The number of benzene rings is 2. The van der Waals surface area contributed by atoms with Gasteiger partial charge in [-0.3, -0.25) is 9.59 Å². The van der Waals surface area contributed by atoms with E-state index in [0.717, 1.165) is 22.9 Å². The number of rotatable bonds is 17. The lowest BCUT2D eigenvalue weighted by Crippen LogP contribution is -2.39. The van der Waals surface area contributed by atoms with Crippen LogP contribution in [0.5, 0.6) is 0 Å². The number of pyridine rings is 2. The van der Waals surface area contributed by atoms with Gasteiger partial charge in [0.2, 0.25) is 23.2 Å². The third kappa shape index (κ3) is 10.4. The first-order valence-corrected chi connectivity index (χ1v) is 24.0. The first-order chi connectivity index (χ1) is 28.6. The molecule has 6 heterocycles. The Morgan fingerprint density at radius 1 is 0.569 bits per heavy atom. The molecular formula is C48H58N6O2S2+2. The number of nitrogens with zero attached hydrogens (tertiary/aromatic N) is 4. The van der Waals surface area contributed by atoms with Crippen LogP contribution in [0.4, 0.5) is 11.4 Å². The summed E-state index contributed by atoms with van der Waals surface area (Å²) in [4.78, 5) is 30.6. The third-order valence-electron chi connectivity index (χ3n) is 11.8. The summed E-state index contributed by atoms with van der Waals surface area (Å²) in [6, 6.07) is 21.9. The van der Waals surface area contributed by atoms with E-state index in [0.29, 0.717) is 39.0 Å². The first kappa shape index (κ1) is 40.2. The number of anilines is 2. The van der Waals surface area contributed by atoms with Gasteiger partial charge in [-0.1, -0.05) is 21.6 Å². The van der Waals surface area contributed by atoms with Gasteiger partial charge in [0, 0.05) is 98.6 Å². The van der Waals surface area contributed by atoms with Gasteiger partial charge in [0.25, 0.3) is 0 Å². The van der Waals surface area contributed by atoms with E-state index >= 15 is 0 Å². The standard InChI is InChI=1S/C48H56N6O2S2/c55-45(19-29-51-23-3-1-13-43(51)17-15-37-33-39-9-5-25-53-26-6-10-40(34-37)47(39)53)49-21-31-57-58-32-22-50-46(56)20-30-52-24-4-2-14-44(52)18-16-38-35-41-11-7-27-54-28-8-12-42(36-38)48(41)54/h1-4,13-18,23-24,33-36H,5-12,19-22,25-32H2/p+2. The van der Waals surface area contributed by atoms with E-state index in [1.54, 1.807) is 21.6 Å². The Bertz CT molecular complexity index is 1940. The predicted octanol–water partition coefficient (Wildman–Crippen LogP) is 7.09. The van der Waals surface area contributed by atoms with Crippen molar-refractivity contribution in [3.8, 4) is 0 Å². The molecule has 10 heteroatoms. The molecule has 2 N–H and O–H groups in total. The Balaban J connectivity index is 0.705. The summed E-state index contributed by atoms with van der Waals surface area (Å²) in [6.45, 7) is 7.29. The minimum absolute atomic E-state index is 0.0667. The minimum Gasteiger partial charge on any atom is -0.371 e. The fourth-order valence-electron chi connectivity index (χ4n) is 9.11. The highest BCUT2D eigenvalue weighted by atomic mass is 33.1. The van der Waals surface area contributed by atoms with Crippen LogP contribution in [0.15, 0.2) is 73.1 Å². The SMILES string of the molecule is O=C(CC[n+]1ccccc1/C=C/c1cc2c3c(c1)CCCN3CCC2)NCCSSCCNC(=O)CC[n+]1ccccc1/C=C/c1cc2c3c(c1)CCCN3CCC2. The lowest BCUT2D eigenvalue weighted by Gasteiger charge is -2.37. The fraction of sp³-hybridized carbons (Fsp3) is 0.417. The largest absolute Gasteiger partial charge is 0.371 e. The zero-order chi connectivity index (χ0) is 39.5. The Hall–Kier alpha value is -4.54. The van der Waals surface area contributed by atoms with E-state index in [9.17, 15) is 9.59 Å². The van der Waals surface area contributed by atoms with Gasteiger partial charge in [-0.15, -0.1) is 0 Å². The van der Waals surface area contributed by atoms with Crippen molar-refractivity contribution < 1.29 is 18.7 Å². The number of carbonyl (C=O) groups excluding carboxylic acids is 2. The number of hydrogen-bond donors (Lipinski definition) is 2. The van der Waals surface area contributed by atoms with Crippen molar-refractivity contribution in [1.82, 2.24) is 10.6 Å². The molecule has 4 aliphatic heterocycles. The molecule has 0 aliphatic carbocycles. The molecule has 58 heavy (non-hydrogen) atoms. The van der Waals surface area contributed by atoms with E-state index in [1.807, 2.05) is 12.1 Å². The number of aromatic nitrogens is 2. The highest BCUT2D eigenvalue weighted by Crippen LogP contribution is 2.37. The molecule has 8 nitrogen and oxygen atoms in total. The Morgan fingerprint density at radius 3 is 1.36 bits per heavy atom. The van der Waals surface area contributed by atoms with Crippen molar-refractivity contribution in [3.63, 3.8) is 0 Å². The van der Waals surface area contributed by atoms with Gasteiger partial charge in [0.1, 0.15) is 0 Å². The van der Waals surface area contributed by atoms with Crippen molar-refractivity contribution in [2.45, 2.75) is 77.3 Å². The normalized spacial score (nSPS) is 15.7. The fourth-order valence-corrected chi connectivity index (χ4v) is 10.9. The van der Waals surface area contributed by atoms with Crippen molar-refractivity contribution in [1.29, 1.82) is 0 Å². The maximum atomic E-state index is 12.7. The highest BCUT2D eigenvalue weighted by Gasteiger charge is 2.25. The quantitative estimate of drug-likeness (QED) is 0.0675. The molecule has 0 saturated heterocycles. The Labute approximate surface area is 352 Å². The van der Waals surface area contributed by atoms with E-state index < -0.39 is 0 Å².